The number of unbranched alkanes of at least 4 members (excludes halogenated alkanes) is 2. The van der Waals surface area contributed by atoms with Crippen LogP contribution in [0.1, 0.15) is 35.3 Å². The highest BCUT2D eigenvalue weighted by Gasteiger charge is 2.14. The van der Waals surface area contributed by atoms with Gasteiger partial charge < -0.3 is 10.0 Å². The molecule has 0 atom stereocenters. The van der Waals surface area contributed by atoms with Crippen molar-refractivity contribution < 1.29 is 9.90 Å². The molecule has 2 aromatic heterocycles. The average Bonchev–Trinajstić information content (AvgIpc) is 2.77. The number of amides is 1. The highest BCUT2D eigenvalue weighted by molar-refractivity contribution is 5.97. The average molecular weight is 290 g/mol. The predicted molar refractivity (Wildman–Crippen MR) is 81.1 cm³/mol. The molecule has 2 rings (SSSR count). The number of carbonyl (C=O) groups is 1. The molecular formula is C15H22N4O2. The Morgan fingerprint density at radius 1 is 1.38 bits per heavy atom. The van der Waals surface area contributed by atoms with Gasteiger partial charge in [0.2, 0.25) is 0 Å². The number of fused-ring (bicyclic) bond motifs is 1. The molecule has 0 saturated heterocycles. The quantitative estimate of drug-likeness (QED) is 0.819. The summed E-state index contributed by atoms with van der Waals surface area (Å²) in [6.45, 7) is 2.80. The molecule has 6 heteroatoms. The number of hydrogen-bond acceptors (Lipinski definition) is 4. The van der Waals surface area contributed by atoms with Gasteiger partial charge in [-0.25, -0.2) is 4.98 Å². The summed E-state index contributed by atoms with van der Waals surface area (Å²) in [4.78, 5) is 18.4. The molecule has 114 valence electrons. The van der Waals surface area contributed by atoms with Gasteiger partial charge in [0.1, 0.15) is 0 Å². The maximum absolute atomic E-state index is 12.4. The highest BCUT2D eigenvalue weighted by Crippen LogP contribution is 2.17. The number of aromatic nitrogens is 3. The van der Waals surface area contributed by atoms with E-state index in [0.29, 0.717) is 12.1 Å². The van der Waals surface area contributed by atoms with Crippen molar-refractivity contribution in [2.45, 2.75) is 26.2 Å². The SMILES string of the molecule is Cc1nn(C)c2ncc(C(=O)N(C)CCCCCO)cc12. The van der Waals surface area contributed by atoms with Gasteiger partial charge in [-0.05, 0) is 32.3 Å². The van der Waals surface area contributed by atoms with Crippen molar-refractivity contribution in [3.05, 3.63) is 23.5 Å². The van der Waals surface area contributed by atoms with Crippen molar-refractivity contribution in [1.82, 2.24) is 19.7 Å². The predicted octanol–water partition coefficient (Wildman–Crippen LogP) is 1.51. The Labute approximate surface area is 124 Å². The minimum Gasteiger partial charge on any atom is -0.396 e. The summed E-state index contributed by atoms with van der Waals surface area (Å²) in [6, 6.07) is 1.86. The van der Waals surface area contributed by atoms with Crippen LogP contribution in [0.2, 0.25) is 0 Å². The van der Waals surface area contributed by atoms with Gasteiger partial charge in [-0.3, -0.25) is 9.48 Å². The Hall–Kier alpha value is -1.95. The molecular weight excluding hydrogens is 268 g/mol. The molecule has 0 bridgehead atoms. The summed E-state index contributed by atoms with van der Waals surface area (Å²) in [7, 11) is 3.64. The molecule has 0 aliphatic carbocycles. The zero-order valence-corrected chi connectivity index (χ0v) is 12.8. The summed E-state index contributed by atoms with van der Waals surface area (Å²) >= 11 is 0. The fourth-order valence-electron chi connectivity index (χ4n) is 2.38. The van der Waals surface area contributed by atoms with Gasteiger partial charge in [-0.1, -0.05) is 0 Å². The van der Waals surface area contributed by atoms with Crippen molar-refractivity contribution in [3.8, 4) is 0 Å². The fraction of sp³-hybridized carbons (Fsp3) is 0.533. The van der Waals surface area contributed by atoms with Crippen molar-refractivity contribution in [2.75, 3.05) is 20.2 Å². The number of rotatable bonds is 6. The number of hydrogen-bond donors (Lipinski definition) is 1. The van der Waals surface area contributed by atoms with E-state index in [4.69, 9.17) is 5.11 Å². The Bertz CT molecular complexity index is 636. The number of carbonyl (C=O) groups excluding carboxylic acids is 1. The van der Waals surface area contributed by atoms with Gasteiger partial charge in [-0.15, -0.1) is 0 Å². The number of aliphatic hydroxyl groups excluding tert-OH is 1. The van der Waals surface area contributed by atoms with Crippen molar-refractivity contribution in [1.29, 1.82) is 0 Å². The molecule has 0 spiro atoms. The molecule has 6 nitrogen and oxygen atoms in total. The van der Waals surface area contributed by atoms with E-state index < -0.39 is 0 Å². The maximum Gasteiger partial charge on any atom is 0.255 e. The molecule has 1 N–H and O–H groups in total. The lowest BCUT2D eigenvalue weighted by Gasteiger charge is -2.16. The second-order valence-corrected chi connectivity index (χ2v) is 5.32. The molecule has 0 unspecified atom stereocenters. The largest absolute Gasteiger partial charge is 0.396 e. The first-order valence-corrected chi connectivity index (χ1v) is 7.20. The lowest BCUT2D eigenvalue weighted by atomic mass is 10.2. The number of aliphatic hydroxyl groups is 1. The second kappa shape index (κ2) is 6.67. The van der Waals surface area contributed by atoms with E-state index in [9.17, 15) is 4.79 Å². The summed E-state index contributed by atoms with van der Waals surface area (Å²) in [5.74, 6) is -0.0309. The maximum atomic E-state index is 12.4. The van der Waals surface area contributed by atoms with Gasteiger partial charge in [0.15, 0.2) is 5.65 Å². The van der Waals surface area contributed by atoms with E-state index in [1.807, 2.05) is 20.0 Å². The number of pyridine rings is 1. The summed E-state index contributed by atoms with van der Waals surface area (Å²) in [6.07, 6.45) is 4.21. The van der Waals surface area contributed by atoms with Crippen LogP contribution in [0.15, 0.2) is 12.3 Å². The topological polar surface area (TPSA) is 71.2 Å². The van der Waals surface area contributed by atoms with Gasteiger partial charge in [-0.2, -0.15) is 5.10 Å². The van der Waals surface area contributed by atoms with Crippen LogP contribution in [0.3, 0.4) is 0 Å². The van der Waals surface area contributed by atoms with E-state index in [2.05, 4.69) is 10.1 Å². The van der Waals surface area contributed by atoms with Crippen LogP contribution in [0.25, 0.3) is 11.0 Å². The molecule has 0 aliphatic heterocycles. The molecule has 0 fully saturated rings. The molecule has 0 saturated carbocycles. The van der Waals surface area contributed by atoms with Crippen LogP contribution < -0.4 is 0 Å². The lowest BCUT2D eigenvalue weighted by Crippen LogP contribution is -2.27. The summed E-state index contributed by atoms with van der Waals surface area (Å²) < 4.78 is 1.72. The van der Waals surface area contributed by atoms with Crippen LogP contribution in [0.4, 0.5) is 0 Å². The molecule has 2 aromatic rings. The Kier molecular flexibility index (Phi) is 4.90. The zero-order chi connectivity index (χ0) is 15.4. The Morgan fingerprint density at radius 3 is 2.86 bits per heavy atom. The summed E-state index contributed by atoms with van der Waals surface area (Å²) in [5, 5.41) is 14.0. The van der Waals surface area contributed by atoms with E-state index in [-0.39, 0.29) is 12.5 Å². The lowest BCUT2D eigenvalue weighted by molar-refractivity contribution is 0.0792. The van der Waals surface area contributed by atoms with Gasteiger partial charge >= 0.3 is 0 Å². The number of aryl methyl sites for hydroxylation is 2. The van der Waals surface area contributed by atoms with Crippen LogP contribution in [0.5, 0.6) is 0 Å². The first-order chi connectivity index (χ1) is 10.0. The van der Waals surface area contributed by atoms with Crippen LogP contribution in [0, 0.1) is 6.92 Å². The monoisotopic (exact) mass is 290 g/mol. The normalized spacial score (nSPS) is 11.0. The smallest absolute Gasteiger partial charge is 0.255 e. The van der Waals surface area contributed by atoms with E-state index in [1.165, 1.54) is 0 Å². The van der Waals surface area contributed by atoms with Gasteiger partial charge in [0.05, 0.1) is 11.3 Å². The highest BCUT2D eigenvalue weighted by atomic mass is 16.2. The van der Waals surface area contributed by atoms with E-state index in [0.717, 1.165) is 36.0 Å². The molecule has 0 aromatic carbocycles. The van der Waals surface area contributed by atoms with Crippen molar-refractivity contribution in [3.63, 3.8) is 0 Å². The third-order valence-corrected chi connectivity index (χ3v) is 3.61. The Morgan fingerprint density at radius 2 is 2.14 bits per heavy atom. The third kappa shape index (κ3) is 3.39. The summed E-state index contributed by atoms with van der Waals surface area (Å²) in [5.41, 5.74) is 2.25. The van der Waals surface area contributed by atoms with E-state index >= 15 is 0 Å². The second-order valence-electron chi connectivity index (χ2n) is 5.32. The number of nitrogens with zero attached hydrogens (tertiary/aromatic N) is 4. The van der Waals surface area contributed by atoms with Crippen molar-refractivity contribution >= 4 is 16.9 Å². The third-order valence-electron chi connectivity index (χ3n) is 3.61. The first kappa shape index (κ1) is 15.4. The van der Waals surface area contributed by atoms with Crippen LogP contribution in [-0.2, 0) is 7.05 Å². The standard InChI is InChI=1S/C15H22N4O2/c1-11-13-9-12(10-16-14(13)19(3)17-11)15(21)18(2)7-5-4-6-8-20/h9-10,20H,4-8H2,1-3H3. The molecule has 1 amide bonds. The molecule has 0 radical (unpaired) electrons. The molecule has 2 heterocycles. The molecule has 21 heavy (non-hydrogen) atoms. The minimum absolute atomic E-state index is 0.0309. The minimum atomic E-state index is -0.0309. The van der Waals surface area contributed by atoms with E-state index in [1.54, 1.807) is 22.8 Å². The van der Waals surface area contributed by atoms with Crippen LogP contribution in [-0.4, -0.2) is 50.9 Å². The van der Waals surface area contributed by atoms with Crippen molar-refractivity contribution in [2.24, 2.45) is 7.05 Å². The van der Waals surface area contributed by atoms with Gasteiger partial charge in [0, 0.05) is 38.8 Å². The fourth-order valence-corrected chi connectivity index (χ4v) is 2.38. The Balaban J connectivity index is 2.10. The van der Waals surface area contributed by atoms with Gasteiger partial charge in [0.25, 0.3) is 5.91 Å². The molecule has 0 aliphatic rings. The first-order valence-electron chi connectivity index (χ1n) is 7.20. The van der Waals surface area contributed by atoms with Crippen LogP contribution >= 0.6 is 0 Å². The zero-order valence-electron chi connectivity index (χ0n) is 12.8.